The Morgan fingerprint density at radius 1 is 1.46 bits per heavy atom. The molecule has 0 aromatic carbocycles. The SMILES string of the molecule is COCC(=O)N1CC[C@]2(CN(C)C[C@@H]2COCc2cccnc2)C1. The molecule has 1 amide bonds. The second-order valence-corrected chi connectivity index (χ2v) is 7.13. The monoisotopic (exact) mass is 333 g/mol. The van der Waals surface area contributed by atoms with Crippen molar-refractivity contribution in [1.29, 1.82) is 0 Å². The highest BCUT2D eigenvalue weighted by Crippen LogP contribution is 2.43. The second kappa shape index (κ2) is 7.59. The summed E-state index contributed by atoms with van der Waals surface area (Å²) in [4.78, 5) is 20.6. The van der Waals surface area contributed by atoms with Crippen LogP contribution in [-0.4, -0.2) is 74.2 Å². The van der Waals surface area contributed by atoms with Gasteiger partial charge in [-0.05, 0) is 25.1 Å². The van der Waals surface area contributed by atoms with Gasteiger partial charge in [0.2, 0.25) is 5.91 Å². The van der Waals surface area contributed by atoms with Gasteiger partial charge in [0.25, 0.3) is 0 Å². The van der Waals surface area contributed by atoms with Gasteiger partial charge < -0.3 is 19.3 Å². The highest BCUT2D eigenvalue weighted by molar-refractivity contribution is 5.77. The Kier molecular flexibility index (Phi) is 5.48. The molecule has 3 rings (SSSR count). The predicted molar refractivity (Wildman–Crippen MR) is 90.4 cm³/mol. The van der Waals surface area contributed by atoms with Crippen LogP contribution < -0.4 is 0 Å². The third-order valence-corrected chi connectivity index (χ3v) is 5.30. The number of ether oxygens (including phenoxy) is 2. The van der Waals surface area contributed by atoms with Crippen LogP contribution in [0.4, 0.5) is 0 Å². The first-order valence-electron chi connectivity index (χ1n) is 8.55. The van der Waals surface area contributed by atoms with Crippen molar-refractivity contribution in [1.82, 2.24) is 14.8 Å². The van der Waals surface area contributed by atoms with Crippen LogP contribution in [-0.2, 0) is 20.9 Å². The van der Waals surface area contributed by atoms with Crippen LogP contribution in [0.1, 0.15) is 12.0 Å². The van der Waals surface area contributed by atoms with Crippen LogP contribution in [0.25, 0.3) is 0 Å². The normalized spacial score (nSPS) is 27.2. The summed E-state index contributed by atoms with van der Waals surface area (Å²) in [6, 6.07) is 3.96. The molecule has 0 N–H and O–H groups in total. The van der Waals surface area contributed by atoms with E-state index in [1.54, 1.807) is 13.3 Å². The third kappa shape index (κ3) is 3.77. The Morgan fingerprint density at radius 3 is 3.08 bits per heavy atom. The van der Waals surface area contributed by atoms with E-state index >= 15 is 0 Å². The van der Waals surface area contributed by atoms with E-state index in [0.29, 0.717) is 12.5 Å². The molecule has 2 atom stereocenters. The molecule has 24 heavy (non-hydrogen) atoms. The molecule has 2 saturated heterocycles. The summed E-state index contributed by atoms with van der Waals surface area (Å²) >= 11 is 0. The summed E-state index contributed by atoms with van der Waals surface area (Å²) < 4.78 is 11.0. The lowest BCUT2D eigenvalue weighted by Crippen LogP contribution is -2.39. The number of rotatable bonds is 6. The number of nitrogens with zero attached hydrogens (tertiary/aromatic N) is 3. The van der Waals surface area contributed by atoms with Crippen molar-refractivity contribution >= 4 is 5.91 Å². The van der Waals surface area contributed by atoms with Crippen LogP contribution in [0.15, 0.2) is 24.5 Å². The highest BCUT2D eigenvalue weighted by Gasteiger charge is 2.50. The number of aromatic nitrogens is 1. The van der Waals surface area contributed by atoms with E-state index in [1.807, 2.05) is 23.2 Å². The smallest absolute Gasteiger partial charge is 0.248 e. The third-order valence-electron chi connectivity index (χ3n) is 5.30. The Labute approximate surface area is 143 Å². The molecular formula is C18H27N3O3. The first-order chi connectivity index (χ1) is 11.6. The van der Waals surface area contributed by atoms with Crippen LogP contribution in [0.3, 0.4) is 0 Å². The van der Waals surface area contributed by atoms with E-state index in [4.69, 9.17) is 9.47 Å². The van der Waals surface area contributed by atoms with Crippen molar-refractivity contribution in [2.45, 2.75) is 13.0 Å². The van der Waals surface area contributed by atoms with Gasteiger partial charge in [-0.25, -0.2) is 0 Å². The van der Waals surface area contributed by atoms with Crippen molar-refractivity contribution in [3.05, 3.63) is 30.1 Å². The molecule has 0 unspecified atom stereocenters. The van der Waals surface area contributed by atoms with Crippen LogP contribution in [0.2, 0.25) is 0 Å². The van der Waals surface area contributed by atoms with E-state index in [1.165, 1.54) is 0 Å². The Balaban J connectivity index is 1.57. The molecular weight excluding hydrogens is 306 g/mol. The van der Waals surface area contributed by atoms with Crippen molar-refractivity contribution in [3.8, 4) is 0 Å². The maximum Gasteiger partial charge on any atom is 0.248 e. The summed E-state index contributed by atoms with van der Waals surface area (Å²) in [5.41, 5.74) is 1.26. The first kappa shape index (κ1) is 17.3. The minimum Gasteiger partial charge on any atom is -0.376 e. The van der Waals surface area contributed by atoms with Crippen molar-refractivity contribution in [3.63, 3.8) is 0 Å². The minimum absolute atomic E-state index is 0.0963. The van der Waals surface area contributed by atoms with Gasteiger partial charge in [0, 0.05) is 57.0 Å². The lowest BCUT2D eigenvalue weighted by Gasteiger charge is -2.30. The Hall–Kier alpha value is -1.50. The number of pyridine rings is 1. The number of carbonyl (C=O) groups excluding carboxylic acids is 1. The molecule has 132 valence electrons. The summed E-state index contributed by atoms with van der Waals surface area (Å²) in [6.07, 6.45) is 4.67. The van der Waals surface area contributed by atoms with Gasteiger partial charge in [-0.3, -0.25) is 9.78 Å². The molecule has 0 bridgehead atoms. The van der Waals surface area contributed by atoms with Crippen LogP contribution in [0.5, 0.6) is 0 Å². The fraction of sp³-hybridized carbons (Fsp3) is 0.667. The van der Waals surface area contributed by atoms with Crippen LogP contribution in [0, 0.1) is 11.3 Å². The van der Waals surface area contributed by atoms with E-state index in [-0.39, 0.29) is 17.9 Å². The van der Waals surface area contributed by atoms with Gasteiger partial charge in [0.1, 0.15) is 6.61 Å². The molecule has 2 aliphatic heterocycles. The molecule has 2 fully saturated rings. The second-order valence-electron chi connectivity index (χ2n) is 7.13. The number of carbonyl (C=O) groups is 1. The fourth-order valence-electron chi connectivity index (χ4n) is 4.12. The van der Waals surface area contributed by atoms with Crippen LogP contribution >= 0.6 is 0 Å². The van der Waals surface area contributed by atoms with E-state index in [9.17, 15) is 4.79 Å². The van der Waals surface area contributed by atoms with E-state index in [0.717, 1.165) is 44.8 Å². The minimum atomic E-state index is 0.0963. The lowest BCUT2D eigenvalue weighted by molar-refractivity contribution is -0.134. The molecule has 1 aromatic rings. The predicted octanol–water partition coefficient (Wildman–Crippen LogP) is 1.02. The topological polar surface area (TPSA) is 54.9 Å². The van der Waals surface area contributed by atoms with Gasteiger partial charge >= 0.3 is 0 Å². The van der Waals surface area contributed by atoms with E-state index < -0.39 is 0 Å². The molecule has 2 aliphatic rings. The van der Waals surface area contributed by atoms with E-state index in [2.05, 4.69) is 16.9 Å². The molecule has 6 heteroatoms. The fourth-order valence-corrected chi connectivity index (χ4v) is 4.12. The number of hydrogen-bond acceptors (Lipinski definition) is 5. The van der Waals surface area contributed by atoms with Crippen molar-refractivity contribution < 1.29 is 14.3 Å². The molecule has 6 nitrogen and oxygen atoms in total. The zero-order valence-electron chi connectivity index (χ0n) is 14.6. The summed E-state index contributed by atoms with van der Waals surface area (Å²) in [5, 5.41) is 0. The maximum absolute atomic E-state index is 12.1. The van der Waals surface area contributed by atoms with Gasteiger partial charge in [-0.1, -0.05) is 6.07 Å². The molecule has 3 heterocycles. The average Bonchev–Trinajstić information content (AvgIpc) is 3.13. The zero-order chi connectivity index (χ0) is 17.0. The Bertz CT molecular complexity index is 554. The van der Waals surface area contributed by atoms with Gasteiger partial charge in [0.15, 0.2) is 0 Å². The van der Waals surface area contributed by atoms with Gasteiger partial charge in [0.05, 0.1) is 13.2 Å². The summed E-state index contributed by atoms with van der Waals surface area (Å²) in [5.74, 6) is 0.554. The number of methoxy groups -OCH3 is 1. The summed E-state index contributed by atoms with van der Waals surface area (Å²) in [7, 11) is 3.73. The number of amides is 1. The lowest BCUT2D eigenvalue weighted by atomic mass is 9.77. The maximum atomic E-state index is 12.1. The quantitative estimate of drug-likeness (QED) is 0.778. The molecule has 1 spiro atoms. The van der Waals surface area contributed by atoms with Gasteiger partial charge in [-0.15, -0.1) is 0 Å². The van der Waals surface area contributed by atoms with Crippen molar-refractivity contribution in [2.24, 2.45) is 11.3 Å². The summed E-state index contributed by atoms with van der Waals surface area (Å²) in [6.45, 7) is 5.20. The number of hydrogen-bond donors (Lipinski definition) is 0. The largest absolute Gasteiger partial charge is 0.376 e. The van der Waals surface area contributed by atoms with Gasteiger partial charge in [-0.2, -0.15) is 0 Å². The highest BCUT2D eigenvalue weighted by atomic mass is 16.5. The molecule has 1 aromatic heterocycles. The Morgan fingerprint density at radius 2 is 2.33 bits per heavy atom. The molecule has 0 aliphatic carbocycles. The first-order valence-corrected chi connectivity index (χ1v) is 8.55. The molecule has 0 radical (unpaired) electrons. The average molecular weight is 333 g/mol. The number of likely N-dealkylation sites (tertiary alicyclic amines) is 2. The molecule has 0 saturated carbocycles. The standard InChI is InChI=1S/C18H27N3O3/c1-20-9-16(11-24-10-15-4-3-6-19-8-15)18(13-20)5-7-21(14-18)17(22)12-23-2/h3-4,6,8,16H,5,7,9-14H2,1-2H3/t16-,18+/m1/s1. The van der Waals surface area contributed by atoms with Crippen molar-refractivity contribution in [2.75, 3.05) is 53.6 Å². The zero-order valence-corrected chi connectivity index (χ0v) is 14.6.